The molecule has 7 nitrogen and oxygen atoms in total. The second kappa shape index (κ2) is 6.76. The van der Waals surface area contributed by atoms with Crippen molar-refractivity contribution in [2.24, 2.45) is 5.92 Å². The van der Waals surface area contributed by atoms with Crippen LogP contribution in [-0.2, 0) is 14.3 Å². The van der Waals surface area contributed by atoms with E-state index in [1.165, 1.54) is 4.90 Å². The van der Waals surface area contributed by atoms with Gasteiger partial charge in [0.25, 0.3) is 0 Å². The molecule has 2 amide bonds. The van der Waals surface area contributed by atoms with Crippen molar-refractivity contribution in [2.45, 2.75) is 58.1 Å². The third-order valence-electron chi connectivity index (χ3n) is 4.28. The molecule has 2 fully saturated rings. The molecule has 2 saturated heterocycles. The van der Waals surface area contributed by atoms with Gasteiger partial charge in [-0.2, -0.15) is 0 Å². The second-order valence-corrected chi connectivity index (χ2v) is 7.28. The zero-order chi connectivity index (χ0) is 17.2. The number of ether oxygens (including phenoxy) is 1. The molecule has 2 heterocycles. The maximum Gasteiger partial charge on any atom is 0.411 e. The van der Waals surface area contributed by atoms with E-state index in [1.54, 1.807) is 20.8 Å². The lowest BCUT2D eigenvalue weighted by atomic mass is 9.90. The van der Waals surface area contributed by atoms with Crippen molar-refractivity contribution in [3.8, 4) is 0 Å². The quantitative estimate of drug-likeness (QED) is 0.834. The Morgan fingerprint density at radius 3 is 2.22 bits per heavy atom. The summed E-state index contributed by atoms with van der Waals surface area (Å²) in [6, 6.07) is -1.00. The first-order chi connectivity index (χ1) is 10.7. The molecule has 7 heteroatoms. The number of carbonyl (C=O) groups is 3. The fourth-order valence-electron chi connectivity index (χ4n) is 3.16. The van der Waals surface area contributed by atoms with Gasteiger partial charge in [-0.05, 0) is 46.5 Å². The van der Waals surface area contributed by atoms with E-state index in [4.69, 9.17) is 4.74 Å². The zero-order valence-corrected chi connectivity index (χ0v) is 14.1. The van der Waals surface area contributed by atoms with Crippen LogP contribution in [0.25, 0.3) is 0 Å². The molecule has 0 aromatic heterocycles. The number of aliphatic carboxylic acids is 1. The predicted molar refractivity (Wildman–Crippen MR) is 82.9 cm³/mol. The topological polar surface area (TPSA) is 87.2 Å². The number of hydrogen-bond acceptors (Lipinski definition) is 4. The minimum Gasteiger partial charge on any atom is -0.480 e. The Hall–Kier alpha value is -1.79. The van der Waals surface area contributed by atoms with Gasteiger partial charge in [0.05, 0.1) is 0 Å². The van der Waals surface area contributed by atoms with Gasteiger partial charge in [-0.25, -0.2) is 9.59 Å². The van der Waals surface area contributed by atoms with E-state index < -0.39 is 23.7 Å². The van der Waals surface area contributed by atoms with Gasteiger partial charge in [-0.3, -0.25) is 9.69 Å². The van der Waals surface area contributed by atoms with Crippen LogP contribution < -0.4 is 0 Å². The molecule has 2 aliphatic rings. The van der Waals surface area contributed by atoms with E-state index in [2.05, 4.69) is 0 Å². The molecule has 0 aromatic rings. The largest absolute Gasteiger partial charge is 0.480 e. The summed E-state index contributed by atoms with van der Waals surface area (Å²) in [5, 5.41) is 9.45. The van der Waals surface area contributed by atoms with Crippen LogP contribution in [0.5, 0.6) is 0 Å². The summed E-state index contributed by atoms with van der Waals surface area (Å²) in [5.41, 5.74) is -0.678. The van der Waals surface area contributed by atoms with Gasteiger partial charge in [0.1, 0.15) is 11.6 Å². The van der Waals surface area contributed by atoms with Crippen LogP contribution in [-0.4, -0.2) is 64.2 Å². The van der Waals surface area contributed by atoms with Gasteiger partial charge in [-0.15, -0.1) is 0 Å². The lowest BCUT2D eigenvalue weighted by Gasteiger charge is -2.38. The lowest BCUT2D eigenvalue weighted by molar-refractivity contribution is -0.147. The zero-order valence-electron chi connectivity index (χ0n) is 14.1. The van der Waals surface area contributed by atoms with Gasteiger partial charge in [0.2, 0.25) is 5.91 Å². The van der Waals surface area contributed by atoms with Gasteiger partial charge in [0.15, 0.2) is 0 Å². The van der Waals surface area contributed by atoms with Crippen molar-refractivity contribution >= 4 is 18.0 Å². The predicted octanol–water partition coefficient (Wildman–Crippen LogP) is 1.71. The Balaban J connectivity index is 2.04. The van der Waals surface area contributed by atoms with Crippen LogP contribution in [0.2, 0.25) is 0 Å². The highest BCUT2D eigenvalue weighted by atomic mass is 16.6. The SMILES string of the molecule is CC(C)(C)OC(=O)N1CC[C@H](C(=O)N2CCCC2)C[C@H]1C(=O)O. The average molecular weight is 326 g/mol. The normalized spacial score (nSPS) is 25.3. The number of nitrogens with zero attached hydrogens (tertiary/aromatic N) is 2. The molecule has 2 atom stereocenters. The Morgan fingerprint density at radius 2 is 1.70 bits per heavy atom. The average Bonchev–Trinajstić information content (AvgIpc) is 2.98. The summed E-state index contributed by atoms with van der Waals surface area (Å²) in [6.45, 7) is 6.96. The smallest absolute Gasteiger partial charge is 0.411 e. The number of hydrogen-bond donors (Lipinski definition) is 1. The van der Waals surface area contributed by atoms with Gasteiger partial charge in [-0.1, -0.05) is 0 Å². The van der Waals surface area contributed by atoms with Crippen molar-refractivity contribution in [3.05, 3.63) is 0 Å². The van der Waals surface area contributed by atoms with Crippen molar-refractivity contribution in [2.75, 3.05) is 19.6 Å². The number of carboxylic acid groups (broad SMARTS) is 1. The van der Waals surface area contributed by atoms with Gasteiger partial charge >= 0.3 is 12.1 Å². The number of piperidine rings is 1. The Labute approximate surface area is 136 Å². The molecule has 0 aliphatic carbocycles. The van der Waals surface area contributed by atoms with Crippen LogP contribution in [0.1, 0.15) is 46.5 Å². The van der Waals surface area contributed by atoms with Crippen molar-refractivity contribution in [1.82, 2.24) is 9.80 Å². The maximum atomic E-state index is 12.5. The summed E-state index contributed by atoms with van der Waals surface area (Å²) in [7, 11) is 0. The lowest BCUT2D eigenvalue weighted by Crippen LogP contribution is -2.53. The molecule has 130 valence electrons. The van der Waals surface area contributed by atoms with Gasteiger partial charge in [0, 0.05) is 25.6 Å². The fraction of sp³-hybridized carbons (Fsp3) is 0.812. The number of carbonyl (C=O) groups excluding carboxylic acids is 2. The van der Waals surface area contributed by atoms with E-state index in [1.807, 2.05) is 4.90 Å². The first-order valence-corrected chi connectivity index (χ1v) is 8.20. The van der Waals surface area contributed by atoms with Crippen LogP contribution >= 0.6 is 0 Å². The molecule has 0 aromatic carbocycles. The van der Waals surface area contributed by atoms with E-state index in [9.17, 15) is 19.5 Å². The van der Waals surface area contributed by atoms with Crippen LogP contribution in [0.15, 0.2) is 0 Å². The molecular formula is C16H26N2O5. The summed E-state index contributed by atoms with van der Waals surface area (Å²) < 4.78 is 5.28. The highest BCUT2D eigenvalue weighted by Gasteiger charge is 2.41. The first-order valence-electron chi connectivity index (χ1n) is 8.20. The molecule has 2 aliphatic heterocycles. The Kier molecular flexibility index (Phi) is 5.16. The summed E-state index contributed by atoms with van der Waals surface area (Å²) in [5.74, 6) is -1.39. The molecular weight excluding hydrogens is 300 g/mol. The number of amides is 2. The van der Waals surface area contributed by atoms with E-state index in [0.29, 0.717) is 6.42 Å². The van der Waals surface area contributed by atoms with Crippen molar-refractivity contribution in [3.63, 3.8) is 0 Å². The van der Waals surface area contributed by atoms with E-state index in [-0.39, 0.29) is 24.8 Å². The third kappa shape index (κ3) is 4.36. The minimum absolute atomic E-state index is 0.0255. The minimum atomic E-state index is -1.09. The number of rotatable bonds is 2. The molecule has 23 heavy (non-hydrogen) atoms. The first kappa shape index (κ1) is 17.6. The molecule has 1 N–H and O–H groups in total. The fourth-order valence-corrected chi connectivity index (χ4v) is 3.16. The van der Waals surface area contributed by atoms with Crippen molar-refractivity contribution in [1.29, 1.82) is 0 Å². The molecule has 0 unspecified atom stereocenters. The molecule has 0 bridgehead atoms. The Morgan fingerprint density at radius 1 is 1.09 bits per heavy atom. The highest BCUT2D eigenvalue weighted by Crippen LogP contribution is 2.27. The summed E-state index contributed by atoms with van der Waals surface area (Å²) in [6.07, 6.45) is 2.02. The molecule has 0 radical (unpaired) electrons. The third-order valence-corrected chi connectivity index (χ3v) is 4.28. The van der Waals surface area contributed by atoms with Crippen LogP contribution in [0, 0.1) is 5.92 Å². The van der Waals surface area contributed by atoms with E-state index in [0.717, 1.165) is 25.9 Å². The Bertz CT molecular complexity index is 479. The summed E-state index contributed by atoms with van der Waals surface area (Å²) in [4.78, 5) is 39.3. The van der Waals surface area contributed by atoms with Crippen LogP contribution in [0.4, 0.5) is 4.79 Å². The van der Waals surface area contributed by atoms with Crippen molar-refractivity contribution < 1.29 is 24.2 Å². The van der Waals surface area contributed by atoms with E-state index >= 15 is 0 Å². The molecule has 0 saturated carbocycles. The maximum absolute atomic E-state index is 12.5. The molecule has 2 rings (SSSR count). The number of carboxylic acids is 1. The summed E-state index contributed by atoms with van der Waals surface area (Å²) >= 11 is 0. The monoisotopic (exact) mass is 326 g/mol. The van der Waals surface area contributed by atoms with Gasteiger partial charge < -0.3 is 14.7 Å². The highest BCUT2D eigenvalue weighted by molar-refractivity contribution is 5.84. The standard InChI is InChI=1S/C16H26N2O5/c1-16(2,3)23-15(22)18-9-6-11(10-12(18)14(20)21)13(19)17-7-4-5-8-17/h11-12H,4-10H2,1-3H3,(H,20,21)/t11-,12-/m0/s1. The number of likely N-dealkylation sites (tertiary alicyclic amines) is 2. The van der Waals surface area contributed by atoms with Crippen LogP contribution in [0.3, 0.4) is 0 Å². The second-order valence-electron chi connectivity index (χ2n) is 7.28. The molecule has 0 spiro atoms.